The minimum Gasteiger partial charge on any atom is -0.374 e. The van der Waals surface area contributed by atoms with Crippen molar-refractivity contribution >= 4 is 23.0 Å². The van der Waals surface area contributed by atoms with E-state index in [1.165, 1.54) is 0 Å². The Morgan fingerprint density at radius 1 is 1.37 bits per heavy atom. The summed E-state index contributed by atoms with van der Waals surface area (Å²) in [6.07, 6.45) is -0.0744. The van der Waals surface area contributed by atoms with Crippen LogP contribution in [0.2, 0.25) is 0 Å². The molecule has 0 aliphatic carbocycles. The van der Waals surface area contributed by atoms with Crippen molar-refractivity contribution in [3.05, 3.63) is 35.9 Å². The highest BCUT2D eigenvalue weighted by atomic mass is 32.1. The number of piperidine rings is 1. The maximum absolute atomic E-state index is 12.7. The quantitative estimate of drug-likeness (QED) is 0.666. The normalized spacial score (nSPS) is 26.3. The lowest BCUT2D eigenvalue weighted by atomic mass is 9.69. The van der Waals surface area contributed by atoms with Crippen LogP contribution in [0.25, 0.3) is 0 Å². The molecule has 19 heavy (non-hydrogen) atoms. The van der Waals surface area contributed by atoms with E-state index >= 15 is 0 Å². The van der Waals surface area contributed by atoms with E-state index in [4.69, 9.17) is 12.2 Å². The summed E-state index contributed by atoms with van der Waals surface area (Å²) < 4.78 is 0. The number of aliphatic hydroxyl groups excluding tert-OH is 1. The van der Waals surface area contributed by atoms with Crippen LogP contribution < -0.4 is 0 Å². The van der Waals surface area contributed by atoms with Gasteiger partial charge >= 0.3 is 0 Å². The van der Waals surface area contributed by atoms with E-state index in [-0.39, 0.29) is 17.1 Å². The van der Waals surface area contributed by atoms with Crippen molar-refractivity contribution in [1.82, 2.24) is 4.90 Å². The summed E-state index contributed by atoms with van der Waals surface area (Å²) in [7, 11) is 1.74. The summed E-state index contributed by atoms with van der Waals surface area (Å²) in [6.45, 7) is 3.97. The Morgan fingerprint density at radius 2 is 1.95 bits per heavy atom. The minimum atomic E-state index is -0.609. The van der Waals surface area contributed by atoms with Gasteiger partial charge in [0.15, 0.2) is 5.78 Å². The van der Waals surface area contributed by atoms with Gasteiger partial charge in [-0.1, -0.05) is 56.4 Å². The van der Waals surface area contributed by atoms with E-state index in [9.17, 15) is 9.90 Å². The van der Waals surface area contributed by atoms with E-state index in [1.54, 1.807) is 11.9 Å². The first-order chi connectivity index (χ1) is 8.84. The zero-order valence-electron chi connectivity index (χ0n) is 11.5. The van der Waals surface area contributed by atoms with Crippen LogP contribution in [-0.2, 0) is 0 Å². The molecule has 1 aliphatic heterocycles. The summed E-state index contributed by atoms with van der Waals surface area (Å²) in [6, 6.07) is 9.21. The fraction of sp³-hybridized carbons (Fsp3) is 0.467. The van der Waals surface area contributed by atoms with Crippen molar-refractivity contribution in [3.8, 4) is 0 Å². The number of carbonyl (C=O) groups excluding carboxylic acids is 1. The van der Waals surface area contributed by atoms with E-state index in [0.717, 1.165) is 0 Å². The van der Waals surface area contributed by atoms with Crippen molar-refractivity contribution in [3.63, 3.8) is 0 Å². The Balaban J connectivity index is 2.36. The largest absolute Gasteiger partial charge is 0.374 e. The maximum Gasteiger partial charge on any atom is 0.173 e. The molecule has 1 fully saturated rings. The minimum absolute atomic E-state index is 0.0364. The molecule has 0 unspecified atom stereocenters. The standard InChI is InChI=1S/C15H19NO2S/c1-15(2)9-11(17)16(3)14(19)12(15)13(18)10-7-5-4-6-8-10/h4-8,11-12,17H,9H2,1-3H3/t11-,12+/m0/s1. The van der Waals surface area contributed by atoms with Crippen LogP contribution in [0.4, 0.5) is 0 Å². The molecule has 1 N–H and O–H groups in total. The molecule has 1 saturated heterocycles. The molecule has 1 aromatic rings. The van der Waals surface area contributed by atoms with Crippen molar-refractivity contribution in [1.29, 1.82) is 0 Å². The van der Waals surface area contributed by atoms with Crippen LogP contribution in [0.15, 0.2) is 30.3 Å². The van der Waals surface area contributed by atoms with E-state index in [2.05, 4.69) is 0 Å². The van der Waals surface area contributed by atoms with Gasteiger partial charge in [0.25, 0.3) is 0 Å². The number of ketones is 1. The van der Waals surface area contributed by atoms with Gasteiger partial charge in [0, 0.05) is 12.6 Å². The fourth-order valence-electron chi connectivity index (χ4n) is 2.65. The van der Waals surface area contributed by atoms with Crippen molar-refractivity contribution < 1.29 is 9.90 Å². The lowest BCUT2D eigenvalue weighted by Crippen LogP contribution is -2.54. The number of likely N-dealkylation sites (tertiary alicyclic amines) is 1. The third-order valence-corrected chi connectivity index (χ3v) is 4.38. The Bertz CT molecular complexity index is 498. The van der Waals surface area contributed by atoms with E-state index in [0.29, 0.717) is 17.0 Å². The highest BCUT2D eigenvalue weighted by Crippen LogP contribution is 2.40. The van der Waals surface area contributed by atoms with Crippen molar-refractivity contribution in [2.45, 2.75) is 26.5 Å². The molecule has 4 heteroatoms. The van der Waals surface area contributed by atoms with Gasteiger partial charge in [-0.15, -0.1) is 0 Å². The van der Waals surface area contributed by atoms with Gasteiger partial charge in [0.05, 0.1) is 10.9 Å². The molecule has 1 aliphatic rings. The molecule has 1 heterocycles. The van der Waals surface area contributed by atoms with Crippen LogP contribution in [0.5, 0.6) is 0 Å². The van der Waals surface area contributed by atoms with Gasteiger partial charge in [-0.3, -0.25) is 4.79 Å². The van der Waals surface area contributed by atoms with Gasteiger partial charge in [0.2, 0.25) is 0 Å². The Labute approximate surface area is 119 Å². The van der Waals surface area contributed by atoms with Gasteiger partial charge in [-0.2, -0.15) is 0 Å². The number of carbonyl (C=O) groups is 1. The third kappa shape index (κ3) is 2.55. The van der Waals surface area contributed by atoms with Crippen molar-refractivity contribution in [2.75, 3.05) is 7.05 Å². The van der Waals surface area contributed by atoms with Crippen LogP contribution in [0.1, 0.15) is 30.6 Å². The second-order valence-corrected chi connectivity index (χ2v) is 6.20. The number of rotatable bonds is 2. The zero-order chi connectivity index (χ0) is 14.2. The molecule has 0 radical (unpaired) electrons. The van der Waals surface area contributed by atoms with Crippen LogP contribution in [-0.4, -0.2) is 34.1 Å². The van der Waals surface area contributed by atoms with Gasteiger partial charge in [-0.05, 0) is 11.8 Å². The predicted octanol–water partition coefficient (Wildman–Crippen LogP) is 2.49. The molecule has 0 amide bonds. The summed E-state index contributed by atoms with van der Waals surface area (Å²) in [5.74, 6) is -0.326. The smallest absolute Gasteiger partial charge is 0.173 e. The molecule has 2 rings (SSSR count). The zero-order valence-corrected chi connectivity index (χ0v) is 12.3. The van der Waals surface area contributed by atoms with Gasteiger partial charge in [0.1, 0.15) is 6.23 Å². The molecule has 2 atom stereocenters. The number of benzene rings is 1. The first kappa shape index (κ1) is 14.2. The van der Waals surface area contributed by atoms with E-state index in [1.807, 2.05) is 44.2 Å². The molecule has 0 saturated carbocycles. The number of Topliss-reactive ketones (excluding diaryl/α,β-unsaturated/α-hetero) is 1. The Kier molecular flexibility index (Phi) is 3.74. The van der Waals surface area contributed by atoms with Crippen LogP contribution >= 0.6 is 12.2 Å². The van der Waals surface area contributed by atoms with E-state index < -0.39 is 6.23 Å². The average Bonchev–Trinajstić information content (AvgIpc) is 2.36. The highest BCUT2D eigenvalue weighted by Gasteiger charge is 2.46. The van der Waals surface area contributed by atoms with Gasteiger partial charge < -0.3 is 10.0 Å². The highest BCUT2D eigenvalue weighted by molar-refractivity contribution is 7.80. The second kappa shape index (κ2) is 5.02. The van der Waals surface area contributed by atoms with Gasteiger partial charge in [-0.25, -0.2) is 0 Å². The summed E-state index contributed by atoms with van der Waals surface area (Å²) in [5.41, 5.74) is 0.336. The number of hydrogen-bond donors (Lipinski definition) is 1. The number of hydrogen-bond acceptors (Lipinski definition) is 3. The molecule has 102 valence electrons. The lowest BCUT2D eigenvalue weighted by molar-refractivity contribution is -0.00525. The molecular formula is C15H19NO2S. The Morgan fingerprint density at radius 3 is 2.53 bits per heavy atom. The number of nitrogens with zero attached hydrogens (tertiary/aromatic N) is 1. The summed E-state index contributed by atoms with van der Waals surface area (Å²) in [5, 5.41) is 9.98. The Hall–Kier alpha value is -1.26. The maximum atomic E-state index is 12.7. The monoisotopic (exact) mass is 277 g/mol. The molecule has 1 aromatic carbocycles. The average molecular weight is 277 g/mol. The second-order valence-electron chi connectivity index (χ2n) is 5.79. The first-order valence-electron chi connectivity index (χ1n) is 6.38. The molecule has 3 nitrogen and oxygen atoms in total. The predicted molar refractivity (Wildman–Crippen MR) is 79.0 cm³/mol. The number of thiocarbonyl (C=S) groups is 1. The number of aliphatic hydroxyl groups is 1. The van der Waals surface area contributed by atoms with Crippen LogP contribution in [0, 0.1) is 11.3 Å². The molecule has 0 aromatic heterocycles. The lowest BCUT2D eigenvalue weighted by Gasteiger charge is -2.45. The van der Waals surface area contributed by atoms with Crippen molar-refractivity contribution in [2.24, 2.45) is 11.3 Å². The third-order valence-electron chi connectivity index (χ3n) is 3.85. The fourth-order valence-corrected chi connectivity index (χ4v) is 3.19. The molecule has 0 bridgehead atoms. The topological polar surface area (TPSA) is 40.5 Å². The summed E-state index contributed by atoms with van der Waals surface area (Å²) >= 11 is 5.40. The molecule has 0 spiro atoms. The SMILES string of the molecule is CN1C(=S)[C@@H](C(=O)c2ccccc2)C(C)(C)C[C@@H]1O. The van der Waals surface area contributed by atoms with Crippen LogP contribution in [0.3, 0.4) is 0 Å². The summed E-state index contributed by atoms with van der Waals surface area (Å²) in [4.78, 5) is 14.8. The first-order valence-corrected chi connectivity index (χ1v) is 6.79. The molecular weight excluding hydrogens is 258 g/mol.